The van der Waals surface area contributed by atoms with Crippen LogP contribution in [0.15, 0.2) is 47.4 Å². The van der Waals surface area contributed by atoms with Gasteiger partial charge in [0.05, 0.1) is 9.82 Å². The molecule has 3 rings (SSSR count). The predicted molar refractivity (Wildman–Crippen MR) is 115 cm³/mol. The van der Waals surface area contributed by atoms with Crippen molar-refractivity contribution in [2.75, 3.05) is 13.2 Å². The maximum absolute atomic E-state index is 12.9. The molecule has 2 amide bonds. The maximum Gasteiger partial charge on any atom is 0.270 e. The number of amides is 2. The molecular formula is C20H22N4O8S. The van der Waals surface area contributed by atoms with Gasteiger partial charge in [-0.25, -0.2) is 8.42 Å². The van der Waals surface area contributed by atoms with Crippen LogP contribution < -0.4 is 25.0 Å². The third-order valence-corrected chi connectivity index (χ3v) is 6.11. The molecule has 0 aromatic heterocycles. The first kappa shape index (κ1) is 23.9. The average Bonchev–Trinajstić information content (AvgIpc) is 2.80. The molecule has 13 heteroatoms. The van der Waals surface area contributed by atoms with Crippen LogP contribution in [0.3, 0.4) is 0 Å². The lowest BCUT2D eigenvalue weighted by Crippen LogP contribution is -2.54. The second-order valence-corrected chi connectivity index (χ2v) is 9.11. The van der Waals surface area contributed by atoms with Gasteiger partial charge >= 0.3 is 0 Å². The molecular weight excluding hydrogens is 456 g/mol. The van der Waals surface area contributed by atoms with Crippen molar-refractivity contribution in [1.29, 1.82) is 0 Å². The Hall–Kier alpha value is -3.71. The number of benzene rings is 2. The molecule has 2 aromatic rings. The number of nitrogens with zero attached hydrogens (tertiary/aromatic N) is 1. The third-order valence-electron chi connectivity index (χ3n) is 4.67. The molecule has 0 saturated heterocycles. The van der Waals surface area contributed by atoms with Gasteiger partial charge in [0, 0.05) is 23.8 Å². The molecule has 2 aromatic carbocycles. The Morgan fingerprint density at radius 1 is 1.03 bits per heavy atom. The first-order chi connectivity index (χ1) is 15.6. The van der Waals surface area contributed by atoms with Gasteiger partial charge in [-0.05, 0) is 24.1 Å². The SMILES string of the molecule is CC(C)[C@H](NS(=O)(=O)c1ccc2c(c1)OCCO2)C(=O)NNC(=O)c1cccc([N+](=O)[O-])c1. The monoisotopic (exact) mass is 478 g/mol. The number of sulfonamides is 1. The van der Waals surface area contributed by atoms with Crippen LogP contribution >= 0.6 is 0 Å². The molecule has 0 unspecified atom stereocenters. The van der Waals surface area contributed by atoms with Crippen molar-refractivity contribution in [3.63, 3.8) is 0 Å². The van der Waals surface area contributed by atoms with Gasteiger partial charge in [-0.15, -0.1) is 0 Å². The van der Waals surface area contributed by atoms with E-state index in [-0.39, 0.29) is 28.5 Å². The minimum Gasteiger partial charge on any atom is -0.486 e. The molecule has 1 atom stereocenters. The van der Waals surface area contributed by atoms with Gasteiger partial charge < -0.3 is 9.47 Å². The molecule has 1 aliphatic heterocycles. The summed E-state index contributed by atoms with van der Waals surface area (Å²) in [4.78, 5) is 35.0. The molecule has 0 spiro atoms. The second kappa shape index (κ2) is 9.83. The van der Waals surface area contributed by atoms with Gasteiger partial charge in [0.25, 0.3) is 17.5 Å². The van der Waals surface area contributed by atoms with Crippen LogP contribution in [0.2, 0.25) is 0 Å². The summed E-state index contributed by atoms with van der Waals surface area (Å²) in [5.74, 6) is -1.40. The molecule has 12 nitrogen and oxygen atoms in total. The van der Waals surface area contributed by atoms with E-state index in [0.717, 1.165) is 6.07 Å². The lowest BCUT2D eigenvalue weighted by molar-refractivity contribution is -0.384. The topological polar surface area (TPSA) is 166 Å². The van der Waals surface area contributed by atoms with Gasteiger partial charge in [-0.1, -0.05) is 19.9 Å². The van der Waals surface area contributed by atoms with Crippen molar-refractivity contribution in [3.8, 4) is 11.5 Å². The summed E-state index contributed by atoms with van der Waals surface area (Å²) in [5.41, 5.74) is 3.95. The van der Waals surface area contributed by atoms with E-state index < -0.39 is 38.7 Å². The zero-order valence-electron chi connectivity index (χ0n) is 17.7. The largest absolute Gasteiger partial charge is 0.486 e. The van der Waals surface area contributed by atoms with E-state index in [2.05, 4.69) is 15.6 Å². The molecule has 0 fully saturated rings. The fourth-order valence-electron chi connectivity index (χ4n) is 2.95. The highest BCUT2D eigenvalue weighted by molar-refractivity contribution is 7.89. The van der Waals surface area contributed by atoms with Gasteiger partial charge in [-0.2, -0.15) is 4.72 Å². The minimum atomic E-state index is -4.12. The van der Waals surface area contributed by atoms with Crippen LogP contribution in [-0.2, 0) is 14.8 Å². The Morgan fingerprint density at radius 2 is 1.73 bits per heavy atom. The van der Waals surface area contributed by atoms with E-state index >= 15 is 0 Å². The number of hydrogen-bond acceptors (Lipinski definition) is 8. The van der Waals surface area contributed by atoms with Crippen molar-refractivity contribution in [2.24, 2.45) is 5.92 Å². The number of carbonyl (C=O) groups excluding carboxylic acids is 2. The fourth-order valence-corrected chi connectivity index (χ4v) is 4.31. The third kappa shape index (κ3) is 5.75. The molecule has 1 aliphatic rings. The van der Waals surface area contributed by atoms with E-state index in [0.29, 0.717) is 12.4 Å². The molecule has 0 saturated carbocycles. The van der Waals surface area contributed by atoms with Crippen molar-refractivity contribution in [1.82, 2.24) is 15.6 Å². The lowest BCUT2D eigenvalue weighted by Gasteiger charge is -2.23. The van der Waals surface area contributed by atoms with Crippen LogP contribution in [0.25, 0.3) is 0 Å². The Labute approximate surface area is 189 Å². The zero-order chi connectivity index (χ0) is 24.2. The highest BCUT2D eigenvalue weighted by atomic mass is 32.2. The van der Waals surface area contributed by atoms with Crippen LogP contribution in [-0.4, -0.2) is 44.4 Å². The van der Waals surface area contributed by atoms with Gasteiger partial charge in [-0.3, -0.25) is 30.6 Å². The number of ether oxygens (including phenoxy) is 2. The summed E-state index contributed by atoms with van der Waals surface area (Å²) < 4.78 is 38.8. The first-order valence-corrected chi connectivity index (χ1v) is 11.3. The molecule has 0 radical (unpaired) electrons. The average molecular weight is 478 g/mol. The van der Waals surface area contributed by atoms with Crippen molar-refractivity contribution >= 4 is 27.5 Å². The molecule has 176 valence electrons. The number of non-ortho nitro benzene ring substituents is 1. The van der Waals surface area contributed by atoms with E-state index in [9.17, 15) is 28.1 Å². The number of nitro benzene ring substituents is 1. The standard InChI is InChI=1S/C20H22N4O8S/c1-12(2)18(20(26)22-21-19(25)13-4-3-5-14(10-13)24(27)28)23-33(29,30)15-6-7-16-17(11-15)32-9-8-31-16/h3-7,10-12,18,23H,8-9H2,1-2H3,(H,21,25)(H,22,26)/t18-/m0/s1. The number of rotatable bonds is 7. The summed E-state index contributed by atoms with van der Waals surface area (Å²) in [6.45, 7) is 3.89. The van der Waals surface area contributed by atoms with Crippen molar-refractivity contribution in [2.45, 2.75) is 24.8 Å². The Bertz CT molecular complexity index is 1180. The minimum absolute atomic E-state index is 0.0533. The normalized spacial score (nSPS) is 13.8. The number of nitrogens with one attached hydrogen (secondary N) is 3. The van der Waals surface area contributed by atoms with E-state index in [1.807, 2.05) is 0 Å². The number of nitro groups is 1. The quantitative estimate of drug-likeness (QED) is 0.393. The Morgan fingerprint density at radius 3 is 2.39 bits per heavy atom. The molecule has 33 heavy (non-hydrogen) atoms. The van der Waals surface area contributed by atoms with Crippen LogP contribution in [0.1, 0.15) is 24.2 Å². The summed E-state index contributed by atoms with van der Waals surface area (Å²) >= 11 is 0. The van der Waals surface area contributed by atoms with Crippen LogP contribution in [0.5, 0.6) is 11.5 Å². The van der Waals surface area contributed by atoms with Crippen LogP contribution in [0, 0.1) is 16.0 Å². The summed E-state index contributed by atoms with van der Waals surface area (Å²) in [6, 6.07) is 7.79. The Kier molecular flexibility index (Phi) is 7.13. The molecule has 1 heterocycles. The fraction of sp³-hybridized carbons (Fsp3) is 0.300. The summed E-state index contributed by atoms with van der Waals surface area (Å²) in [6.07, 6.45) is 0. The van der Waals surface area contributed by atoms with E-state index in [4.69, 9.17) is 9.47 Å². The summed E-state index contributed by atoms with van der Waals surface area (Å²) in [7, 11) is -4.12. The first-order valence-electron chi connectivity index (χ1n) is 9.85. The van der Waals surface area contributed by atoms with Crippen LogP contribution in [0.4, 0.5) is 5.69 Å². The van der Waals surface area contributed by atoms with Gasteiger partial charge in [0.15, 0.2) is 11.5 Å². The maximum atomic E-state index is 12.9. The van der Waals surface area contributed by atoms with Gasteiger partial charge in [0.1, 0.15) is 19.3 Å². The van der Waals surface area contributed by atoms with E-state index in [1.54, 1.807) is 13.8 Å². The number of hydrazine groups is 1. The number of carbonyl (C=O) groups is 2. The number of hydrogen-bond donors (Lipinski definition) is 3. The van der Waals surface area contributed by atoms with E-state index in [1.165, 1.54) is 36.4 Å². The highest BCUT2D eigenvalue weighted by Gasteiger charge is 2.29. The molecule has 0 bridgehead atoms. The Balaban J connectivity index is 1.69. The summed E-state index contributed by atoms with van der Waals surface area (Å²) in [5, 5.41) is 10.9. The molecule has 3 N–H and O–H groups in total. The highest BCUT2D eigenvalue weighted by Crippen LogP contribution is 2.32. The van der Waals surface area contributed by atoms with Crippen molar-refractivity contribution < 1.29 is 32.4 Å². The van der Waals surface area contributed by atoms with Crippen molar-refractivity contribution in [3.05, 3.63) is 58.1 Å². The van der Waals surface area contributed by atoms with Gasteiger partial charge in [0.2, 0.25) is 10.0 Å². The number of fused-ring (bicyclic) bond motifs is 1. The smallest absolute Gasteiger partial charge is 0.270 e. The second-order valence-electron chi connectivity index (χ2n) is 7.40. The predicted octanol–water partition coefficient (Wildman–Crippen LogP) is 1.13. The molecule has 0 aliphatic carbocycles. The lowest BCUT2D eigenvalue weighted by atomic mass is 10.1. The zero-order valence-corrected chi connectivity index (χ0v) is 18.5.